The van der Waals surface area contributed by atoms with Gasteiger partial charge >= 0.3 is 0 Å². The van der Waals surface area contributed by atoms with Crippen LogP contribution in [0.1, 0.15) is 10.4 Å². The van der Waals surface area contributed by atoms with Crippen molar-refractivity contribution < 1.29 is 14.0 Å². The number of carbonyl (C=O) groups is 2. The van der Waals surface area contributed by atoms with Crippen molar-refractivity contribution in [2.24, 2.45) is 0 Å². The summed E-state index contributed by atoms with van der Waals surface area (Å²) in [6, 6.07) is 1.24. The average Bonchev–Trinajstić information content (AvgIpc) is 2.40. The largest absolute Gasteiger partial charge is 0.316 e. The number of benzene rings is 1. The van der Waals surface area contributed by atoms with Gasteiger partial charge in [0.1, 0.15) is 0 Å². The Balaban J connectivity index is 2.79. The molecule has 6 heteroatoms. The van der Waals surface area contributed by atoms with Gasteiger partial charge in [0, 0.05) is 0 Å². The van der Waals surface area contributed by atoms with Crippen LogP contribution in [-0.4, -0.2) is 11.7 Å². The molecule has 1 amide bonds. The summed E-state index contributed by atoms with van der Waals surface area (Å²) in [7, 11) is 0. The zero-order valence-corrected chi connectivity index (χ0v) is 8.87. The highest BCUT2D eigenvalue weighted by Crippen LogP contribution is 2.36. The number of anilines is 1. The molecule has 0 aromatic heterocycles. The van der Waals surface area contributed by atoms with E-state index in [1.165, 1.54) is 6.07 Å². The van der Waals surface area contributed by atoms with E-state index in [2.05, 4.69) is 21.2 Å². The normalized spacial score (nSPS) is 14.2. The molecular weight excluding hydrogens is 276 g/mol. The van der Waals surface area contributed by atoms with Crippen LogP contribution in [0.15, 0.2) is 10.5 Å². The van der Waals surface area contributed by atoms with Gasteiger partial charge in [0.25, 0.3) is 11.7 Å². The minimum absolute atomic E-state index is 0.0524. The Morgan fingerprint density at radius 3 is 2.71 bits per heavy atom. The van der Waals surface area contributed by atoms with Crippen LogP contribution >= 0.6 is 27.5 Å². The summed E-state index contributed by atoms with van der Waals surface area (Å²) in [6.45, 7) is 0. The molecule has 0 aliphatic carbocycles. The predicted octanol–water partition coefficient (Wildman–Crippen LogP) is 2.38. The van der Waals surface area contributed by atoms with E-state index in [0.717, 1.165) is 0 Å². The van der Waals surface area contributed by atoms with Crippen molar-refractivity contribution in [2.45, 2.75) is 0 Å². The third-order valence-corrected chi connectivity index (χ3v) is 2.72. The zero-order valence-electron chi connectivity index (χ0n) is 6.53. The van der Waals surface area contributed by atoms with E-state index in [1.807, 2.05) is 0 Å². The lowest BCUT2D eigenvalue weighted by Gasteiger charge is -2.02. The van der Waals surface area contributed by atoms with Gasteiger partial charge in [-0.2, -0.15) is 0 Å². The first-order valence-electron chi connectivity index (χ1n) is 3.55. The summed E-state index contributed by atoms with van der Waals surface area (Å²) < 4.78 is 13.5. The standard InChI is InChI=1S/C8H2BrClFNO2/c9-2-1-3(10)4-6(5(2)11)12-8(14)7(4)13/h1H,(H,12,13,14). The number of rotatable bonds is 0. The van der Waals surface area contributed by atoms with Gasteiger partial charge in [0.05, 0.1) is 20.7 Å². The molecule has 0 saturated heterocycles. The SMILES string of the molecule is O=C1Nc2c(F)c(Br)cc(Cl)c2C1=O. The summed E-state index contributed by atoms with van der Waals surface area (Å²) in [5.41, 5.74) is -0.253. The number of halogens is 3. The molecule has 2 rings (SSSR count). The molecule has 0 radical (unpaired) electrons. The number of amides is 1. The lowest BCUT2D eigenvalue weighted by molar-refractivity contribution is -0.112. The number of ketones is 1. The minimum Gasteiger partial charge on any atom is -0.316 e. The van der Waals surface area contributed by atoms with Crippen LogP contribution in [0.5, 0.6) is 0 Å². The lowest BCUT2D eigenvalue weighted by atomic mass is 10.1. The van der Waals surface area contributed by atoms with Gasteiger partial charge in [0.2, 0.25) is 0 Å². The van der Waals surface area contributed by atoms with Crippen molar-refractivity contribution >= 4 is 44.9 Å². The van der Waals surface area contributed by atoms with Crippen LogP contribution in [0.3, 0.4) is 0 Å². The van der Waals surface area contributed by atoms with Crippen LogP contribution < -0.4 is 5.32 Å². The molecule has 72 valence electrons. The third kappa shape index (κ3) is 1.16. The third-order valence-electron chi connectivity index (χ3n) is 1.84. The van der Waals surface area contributed by atoms with Gasteiger partial charge in [-0.25, -0.2) is 4.39 Å². The number of nitrogens with one attached hydrogen (secondary N) is 1. The molecule has 0 unspecified atom stereocenters. The first-order chi connectivity index (χ1) is 6.52. The van der Waals surface area contributed by atoms with Crippen molar-refractivity contribution in [3.05, 3.63) is 26.9 Å². The van der Waals surface area contributed by atoms with E-state index in [9.17, 15) is 14.0 Å². The first-order valence-corrected chi connectivity index (χ1v) is 4.72. The Labute approximate surface area is 91.4 Å². The highest BCUT2D eigenvalue weighted by atomic mass is 79.9. The van der Waals surface area contributed by atoms with Crippen molar-refractivity contribution in [3.63, 3.8) is 0 Å². The van der Waals surface area contributed by atoms with Gasteiger partial charge in [-0.05, 0) is 22.0 Å². The zero-order chi connectivity index (χ0) is 10.5. The van der Waals surface area contributed by atoms with E-state index < -0.39 is 17.5 Å². The molecular formula is C8H2BrClFNO2. The molecule has 1 aliphatic heterocycles. The Morgan fingerprint density at radius 2 is 2.07 bits per heavy atom. The molecule has 1 aromatic carbocycles. The summed E-state index contributed by atoms with van der Waals surface area (Å²) in [5, 5.41) is 2.17. The van der Waals surface area contributed by atoms with Crippen LogP contribution in [0.4, 0.5) is 10.1 Å². The molecule has 0 bridgehead atoms. The number of hydrogen-bond donors (Lipinski definition) is 1. The molecule has 0 spiro atoms. The van der Waals surface area contributed by atoms with Gasteiger partial charge < -0.3 is 5.32 Å². The molecule has 0 saturated carbocycles. The Morgan fingerprint density at radius 1 is 1.43 bits per heavy atom. The molecule has 1 N–H and O–H groups in total. The number of Topliss-reactive ketones (excluding diaryl/α,β-unsaturated/α-hetero) is 1. The molecule has 1 heterocycles. The summed E-state index contributed by atoms with van der Waals surface area (Å²) >= 11 is 8.61. The van der Waals surface area contributed by atoms with E-state index in [-0.39, 0.29) is 20.7 Å². The Bertz CT molecular complexity index is 475. The maximum atomic E-state index is 13.4. The monoisotopic (exact) mass is 277 g/mol. The van der Waals surface area contributed by atoms with Crippen molar-refractivity contribution in [1.29, 1.82) is 0 Å². The number of carbonyl (C=O) groups excluding carboxylic acids is 2. The molecule has 1 aliphatic rings. The predicted molar refractivity (Wildman–Crippen MR) is 52.1 cm³/mol. The van der Waals surface area contributed by atoms with E-state index in [0.29, 0.717) is 0 Å². The quantitative estimate of drug-likeness (QED) is 0.585. The maximum Gasteiger partial charge on any atom is 0.297 e. The fraction of sp³-hybridized carbons (Fsp3) is 0. The van der Waals surface area contributed by atoms with Crippen molar-refractivity contribution in [2.75, 3.05) is 5.32 Å². The van der Waals surface area contributed by atoms with E-state index in [4.69, 9.17) is 11.6 Å². The molecule has 0 fully saturated rings. The molecule has 0 atom stereocenters. The summed E-state index contributed by atoms with van der Waals surface area (Å²) in [6.07, 6.45) is 0. The van der Waals surface area contributed by atoms with Crippen LogP contribution in [0, 0.1) is 5.82 Å². The highest BCUT2D eigenvalue weighted by molar-refractivity contribution is 9.10. The van der Waals surface area contributed by atoms with Gasteiger partial charge in [-0.3, -0.25) is 9.59 Å². The second-order valence-corrected chi connectivity index (χ2v) is 3.95. The summed E-state index contributed by atoms with van der Waals surface area (Å²) in [4.78, 5) is 22.1. The minimum atomic E-state index is -0.862. The van der Waals surface area contributed by atoms with Crippen LogP contribution in [0.25, 0.3) is 0 Å². The fourth-order valence-electron chi connectivity index (χ4n) is 1.22. The smallest absolute Gasteiger partial charge is 0.297 e. The van der Waals surface area contributed by atoms with Gasteiger partial charge in [0.15, 0.2) is 5.82 Å². The van der Waals surface area contributed by atoms with Gasteiger partial charge in [-0.1, -0.05) is 11.6 Å². The van der Waals surface area contributed by atoms with Crippen molar-refractivity contribution in [3.8, 4) is 0 Å². The van der Waals surface area contributed by atoms with E-state index in [1.54, 1.807) is 0 Å². The van der Waals surface area contributed by atoms with Crippen LogP contribution in [0.2, 0.25) is 5.02 Å². The Kier molecular flexibility index (Phi) is 2.08. The molecule has 1 aromatic rings. The average molecular weight is 278 g/mol. The first kappa shape index (κ1) is 9.61. The van der Waals surface area contributed by atoms with Gasteiger partial charge in [-0.15, -0.1) is 0 Å². The molecule has 14 heavy (non-hydrogen) atoms. The maximum absolute atomic E-state index is 13.4. The number of hydrogen-bond acceptors (Lipinski definition) is 2. The van der Waals surface area contributed by atoms with Crippen molar-refractivity contribution in [1.82, 2.24) is 0 Å². The second kappa shape index (κ2) is 3.03. The van der Waals surface area contributed by atoms with E-state index >= 15 is 0 Å². The second-order valence-electron chi connectivity index (χ2n) is 2.69. The lowest BCUT2D eigenvalue weighted by Crippen LogP contribution is -2.12. The topological polar surface area (TPSA) is 46.2 Å². The summed E-state index contributed by atoms with van der Waals surface area (Å²) in [5.74, 6) is -2.36. The highest BCUT2D eigenvalue weighted by Gasteiger charge is 2.33. The van der Waals surface area contributed by atoms with Crippen LogP contribution in [-0.2, 0) is 4.79 Å². The fourth-order valence-corrected chi connectivity index (χ4v) is 2.07. The molecule has 3 nitrogen and oxygen atoms in total. The Hall–Kier alpha value is -0.940. The number of fused-ring (bicyclic) bond motifs is 1.